The number of nitrogens with zero attached hydrogens (tertiary/aromatic N) is 2. The van der Waals surface area contributed by atoms with Gasteiger partial charge < -0.3 is 5.73 Å². The van der Waals surface area contributed by atoms with Crippen LogP contribution in [0.4, 0.5) is 0 Å². The first-order valence-corrected chi connectivity index (χ1v) is 3.48. The molecule has 4 heteroatoms. The van der Waals surface area contributed by atoms with Crippen LogP contribution in [0.2, 0.25) is 0 Å². The highest BCUT2D eigenvalue weighted by Crippen LogP contribution is 1.87. The molecule has 0 radical (unpaired) electrons. The van der Waals surface area contributed by atoms with Gasteiger partial charge in [0, 0.05) is 12.4 Å². The molecule has 0 saturated carbocycles. The number of rotatable bonds is 3. The first kappa shape index (κ1) is 8.39. The van der Waals surface area contributed by atoms with E-state index in [1.54, 1.807) is 12.3 Å². The SMILES string of the molecule is NC(=O)CN=Cc1ccccn1. The number of carbonyl (C=O) groups is 1. The van der Waals surface area contributed by atoms with Gasteiger partial charge in [-0.25, -0.2) is 0 Å². The van der Waals surface area contributed by atoms with Crippen molar-refractivity contribution in [1.29, 1.82) is 0 Å². The summed E-state index contributed by atoms with van der Waals surface area (Å²) in [7, 11) is 0. The summed E-state index contributed by atoms with van der Waals surface area (Å²) in [4.78, 5) is 18.0. The first-order chi connectivity index (χ1) is 5.79. The molecule has 1 heterocycles. The summed E-state index contributed by atoms with van der Waals surface area (Å²) in [6.07, 6.45) is 3.18. The van der Waals surface area contributed by atoms with Crippen molar-refractivity contribution in [2.75, 3.05) is 6.54 Å². The summed E-state index contributed by atoms with van der Waals surface area (Å²) in [6.45, 7) is 0.0105. The lowest BCUT2D eigenvalue weighted by Crippen LogP contribution is -2.14. The summed E-state index contributed by atoms with van der Waals surface area (Å²) in [5, 5.41) is 0. The van der Waals surface area contributed by atoms with Crippen LogP contribution in [-0.4, -0.2) is 23.7 Å². The molecule has 0 fully saturated rings. The van der Waals surface area contributed by atoms with Gasteiger partial charge in [0.05, 0.1) is 5.69 Å². The van der Waals surface area contributed by atoms with Crippen LogP contribution in [0.1, 0.15) is 5.69 Å². The van der Waals surface area contributed by atoms with Crippen LogP contribution in [-0.2, 0) is 4.79 Å². The van der Waals surface area contributed by atoms with Crippen molar-refractivity contribution in [3.8, 4) is 0 Å². The van der Waals surface area contributed by atoms with Gasteiger partial charge in [0.15, 0.2) is 0 Å². The van der Waals surface area contributed by atoms with Crippen LogP contribution in [0.25, 0.3) is 0 Å². The average Bonchev–Trinajstić information content (AvgIpc) is 2.05. The van der Waals surface area contributed by atoms with E-state index >= 15 is 0 Å². The van der Waals surface area contributed by atoms with Crippen molar-refractivity contribution >= 4 is 12.1 Å². The number of amides is 1. The third-order valence-corrected chi connectivity index (χ3v) is 1.16. The maximum absolute atomic E-state index is 10.3. The predicted octanol–water partition coefficient (Wildman–Crippen LogP) is -0.0142. The number of aliphatic imine (C=N–C) groups is 1. The number of carbonyl (C=O) groups excluding carboxylic acids is 1. The van der Waals surface area contributed by atoms with Crippen LogP contribution in [0, 0.1) is 0 Å². The Kier molecular flexibility index (Phi) is 2.95. The number of pyridine rings is 1. The van der Waals surface area contributed by atoms with E-state index < -0.39 is 5.91 Å². The topological polar surface area (TPSA) is 68.3 Å². The fraction of sp³-hybridized carbons (Fsp3) is 0.125. The third kappa shape index (κ3) is 2.92. The number of primary amides is 1. The van der Waals surface area contributed by atoms with Crippen molar-refractivity contribution in [2.24, 2.45) is 10.7 Å². The smallest absolute Gasteiger partial charge is 0.239 e. The highest BCUT2D eigenvalue weighted by Gasteiger charge is 1.88. The Hall–Kier alpha value is -1.71. The van der Waals surface area contributed by atoms with Gasteiger partial charge in [-0.3, -0.25) is 14.8 Å². The second-order valence-corrected chi connectivity index (χ2v) is 2.19. The Morgan fingerprint density at radius 2 is 2.50 bits per heavy atom. The molecule has 1 aromatic heterocycles. The molecule has 62 valence electrons. The summed E-state index contributed by atoms with van der Waals surface area (Å²) >= 11 is 0. The molecular formula is C8H9N3O. The van der Waals surface area contributed by atoms with E-state index in [0.717, 1.165) is 5.69 Å². The molecule has 0 atom stereocenters. The molecule has 0 aliphatic rings. The van der Waals surface area contributed by atoms with Gasteiger partial charge in [0.25, 0.3) is 0 Å². The number of aromatic nitrogens is 1. The predicted molar refractivity (Wildman–Crippen MR) is 45.9 cm³/mol. The van der Waals surface area contributed by atoms with E-state index in [1.807, 2.05) is 12.1 Å². The molecule has 1 aromatic rings. The van der Waals surface area contributed by atoms with Crippen molar-refractivity contribution in [2.45, 2.75) is 0 Å². The lowest BCUT2D eigenvalue weighted by molar-refractivity contribution is -0.116. The Labute approximate surface area is 70.1 Å². The molecule has 0 aliphatic carbocycles. The lowest BCUT2D eigenvalue weighted by Gasteiger charge is -1.88. The van der Waals surface area contributed by atoms with E-state index in [2.05, 4.69) is 9.98 Å². The molecule has 4 nitrogen and oxygen atoms in total. The minimum atomic E-state index is -0.442. The van der Waals surface area contributed by atoms with Crippen LogP contribution in [0.5, 0.6) is 0 Å². The summed E-state index contributed by atoms with van der Waals surface area (Å²) in [5.74, 6) is -0.442. The Bertz CT molecular complexity index is 282. The summed E-state index contributed by atoms with van der Waals surface area (Å²) in [6, 6.07) is 5.45. The molecule has 1 amide bonds. The van der Waals surface area contributed by atoms with E-state index in [9.17, 15) is 4.79 Å². The zero-order chi connectivity index (χ0) is 8.81. The van der Waals surface area contributed by atoms with Gasteiger partial charge in [-0.2, -0.15) is 0 Å². The van der Waals surface area contributed by atoms with Gasteiger partial charge in [-0.05, 0) is 12.1 Å². The Balaban J connectivity index is 2.52. The van der Waals surface area contributed by atoms with Crippen molar-refractivity contribution < 1.29 is 4.79 Å². The molecule has 2 N–H and O–H groups in total. The quantitative estimate of drug-likeness (QED) is 0.636. The van der Waals surface area contributed by atoms with E-state index in [-0.39, 0.29) is 6.54 Å². The van der Waals surface area contributed by atoms with Crippen LogP contribution in [0.3, 0.4) is 0 Å². The lowest BCUT2D eigenvalue weighted by atomic mass is 10.4. The summed E-state index contributed by atoms with van der Waals surface area (Å²) in [5.41, 5.74) is 5.60. The highest BCUT2D eigenvalue weighted by atomic mass is 16.1. The molecule has 1 rings (SSSR count). The highest BCUT2D eigenvalue weighted by molar-refractivity contribution is 5.81. The molecule has 0 bridgehead atoms. The van der Waals surface area contributed by atoms with E-state index in [0.29, 0.717) is 0 Å². The largest absolute Gasteiger partial charge is 0.368 e. The van der Waals surface area contributed by atoms with E-state index in [4.69, 9.17) is 5.73 Å². The number of nitrogens with two attached hydrogens (primary N) is 1. The van der Waals surface area contributed by atoms with Crippen molar-refractivity contribution in [3.05, 3.63) is 30.1 Å². The maximum atomic E-state index is 10.3. The molecular weight excluding hydrogens is 154 g/mol. The van der Waals surface area contributed by atoms with Gasteiger partial charge in [-0.15, -0.1) is 0 Å². The van der Waals surface area contributed by atoms with Crippen LogP contribution >= 0.6 is 0 Å². The third-order valence-electron chi connectivity index (χ3n) is 1.16. The molecule has 0 aliphatic heterocycles. The molecule has 0 saturated heterocycles. The average molecular weight is 163 g/mol. The van der Waals surface area contributed by atoms with Gasteiger partial charge in [0.2, 0.25) is 5.91 Å². The minimum Gasteiger partial charge on any atom is -0.368 e. The minimum absolute atomic E-state index is 0.0105. The monoisotopic (exact) mass is 163 g/mol. The van der Waals surface area contributed by atoms with Gasteiger partial charge in [-0.1, -0.05) is 6.07 Å². The zero-order valence-electron chi connectivity index (χ0n) is 6.47. The Morgan fingerprint density at radius 1 is 1.67 bits per heavy atom. The molecule has 0 unspecified atom stereocenters. The normalized spacial score (nSPS) is 10.3. The van der Waals surface area contributed by atoms with Crippen molar-refractivity contribution in [1.82, 2.24) is 4.98 Å². The maximum Gasteiger partial charge on any atom is 0.239 e. The molecule has 12 heavy (non-hydrogen) atoms. The molecule has 0 spiro atoms. The van der Waals surface area contributed by atoms with Crippen molar-refractivity contribution in [3.63, 3.8) is 0 Å². The summed E-state index contributed by atoms with van der Waals surface area (Å²) < 4.78 is 0. The van der Waals surface area contributed by atoms with Gasteiger partial charge in [0.1, 0.15) is 6.54 Å². The Morgan fingerprint density at radius 3 is 3.08 bits per heavy atom. The fourth-order valence-electron chi connectivity index (χ4n) is 0.681. The zero-order valence-corrected chi connectivity index (χ0v) is 6.47. The van der Waals surface area contributed by atoms with E-state index in [1.165, 1.54) is 6.21 Å². The first-order valence-electron chi connectivity index (χ1n) is 3.48. The molecule has 0 aromatic carbocycles. The van der Waals surface area contributed by atoms with Crippen LogP contribution in [0.15, 0.2) is 29.4 Å². The fourth-order valence-corrected chi connectivity index (χ4v) is 0.681. The number of hydrogen-bond donors (Lipinski definition) is 1. The second-order valence-electron chi connectivity index (χ2n) is 2.19. The second kappa shape index (κ2) is 4.23. The van der Waals surface area contributed by atoms with Gasteiger partial charge >= 0.3 is 0 Å². The number of hydrogen-bond acceptors (Lipinski definition) is 3. The van der Waals surface area contributed by atoms with Crippen LogP contribution < -0.4 is 5.73 Å². The standard InChI is InChI=1S/C8H9N3O/c9-8(12)6-10-5-7-3-1-2-4-11-7/h1-5H,6H2,(H2,9,12).